The molecule has 2 aromatic rings. The van der Waals surface area contributed by atoms with Crippen molar-refractivity contribution in [3.63, 3.8) is 0 Å². The molecule has 6 heteroatoms. The number of hydrogen-bond donors (Lipinski definition) is 1. The van der Waals surface area contributed by atoms with Crippen molar-refractivity contribution in [1.29, 1.82) is 0 Å². The molecule has 0 saturated heterocycles. The molecule has 0 fully saturated rings. The van der Waals surface area contributed by atoms with Crippen molar-refractivity contribution >= 4 is 17.6 Å². The van der Waals surface area contributed by atoms with Gasteiger partial charge in [0.2, 0.25) is 0 Å². The van der Waals surface area contributed by atoms with Crippen molar-refractivity contribution in [2.45, 2.75) is 5.92 Å². The Labute approximate surface area is 115 Å². The summed E-state index contributed by atoms with van der Waals surface area (Å²) in [7, 11) is 1.73. The number of anilines is 1. The van der Waals surface area contributed by atoms with E-state index in [1.807, 2.05) is 0 Å². The molecule has 0 bridgehead atoms. The molecule has 1 atom stereocenters. The highest BCUT2D eigenvalue weighted by molar-refractivity contribution is 6.07. The molecule has 0 aliphatic carbocycles. The summed E-state index contributed by atoms with van der Waals surface area (Å²) in [6.07, 6.45) is 3.03. The van der Waals surface area contributed by atoms with Crippen LogP contribution in [0.4, 0.5) is 5.69 Å². The Hall–Kier alpha value is -2.63. The summed E-state index contributed by atoms with van der Waals surface area (Å²) in [6.45, 7) is 0.151. The summed E-state index contributed by atoms with van der Waals surface area (Å²) in [4.78, 5) is 29.3. The molecule has 3 rings (SSSR count). The van der Waals surface area contributed by atoms with E-state index in [1.165, 1.54) is 11.1 Å². The van der Waals surface area contributed by atoms with Crippen molar-refractivity contribution in [1.82, 2.24) is 9.55 Å². The van der Waals surface area contributed by atoms with Crippen LogP contribution in [0, 0.1) is 0 Å². The molecule has 0 spiro atoms. The molecule has 1 N–H and O–H groups in total. The number of rotatable bonds is 2. The summed E-state index contributed by atoms with van der Waals surface area (Å²) in [5, 5.41) is 9.29. The molecule has 1 aliphatic heterocycles. The van der Waals surface area contributed by atoms with E-state index >= 15 is 0 Å². The van der Waals surface area contributed by atoms with Crippen LogP contribution in [0.2, 0.25) is 0 Å². The summed E-state index contributed by atoms with van der Waals surface area (Å²) in [5.74, 6) is -1.83. The Morgan fingerprint density at radius 2 is 2.10 bits per heavy atom. The van der Waals surface area contributed by atoms with Gasteiger partial charge in [-0.1, -0.05) is 18.2 Å². The molecule has 0 saturated carbocycles. The number of carboxylic acids is 1. The van der Waals surface area contributed by atoms with Gasteiger partial charge in [0, 0.05) is 19.3 Å². The van der Waals surface area contributed by atoms with Crippen LogP contribution < -0.4 is 4.90 Å². The fourth-order valence-electron chi connectivity index (χ4n) is 2.51. The Bertz CT molecular complexity index is 692. The average molecular weight is 271 g/mol. The number of imidazole rings is 1. The molecular formula is C14H13N3O3. The minimum Gasteiger partial charge on any atom is -0.481 e. The highest BCUT2D eigenvalue weighted by Crippen LogP contribution is 2.36. The summed E-state index contributed by atoms with van der Waals surface area (Å²) < 4.78 is 1.62. The fraction of sp³-hybridized carbons (Fsp3) is 0.214. The largest absolute Gasteiger partial charge is 0.481 e. The first-order valence-corrected chi connectivity index (χ1v) is 6.19. The van der Waals surface area contributed by atoms with E-state index < -0.39 is 11.9 Å². The second-order valence-corrected chi connectivity index (χ2v) is 4.76. The predicted octanol–water partition coefficient (Wildman–Crippen LogP) is 1.25. The van der Waals surface area contributed by atoms with Gasteiger partial charge in [-0.15, -0.1) is 0 Å². The molecule has 0 radical (unpaired) electrons. The number of aryl methyl sites for hydroxylation is 1. The lowest BCUT2D eigenvalue weighted by atomic mass is 10.0. The number of carbonyl (C=O) groups excluding carboxylic acids is 1. The molecule has 1 aromatic heterocycles. The van der Waals surface area contributed by atoms with Crippen molar-refractivity contribution in [2.24, 2.45) is 7.05 Å². The van der Waals surface area contributed by atoms with Gasteiger partial charge in [0.25, 0.3) is 5.91 Å². The van der Waals surface area contributed by atoms with E-state index in [0.717, 1.165) is 0 Å². The van der Waals surface area contributed by atoms with Crippen LogP contribution in [0.5, 0.6) is 0 Å². The van der Waals surface area contributed by atoms with Gasteiger partial charge in [0.1, 0.15) is 11.6 Å². The molecule has 1 aromatic carbocycles. The normalized spacial score (nSPS) is 17.1. The van der Waals surface area contributed by atoms with Crippen LogP contribution >= 0.6 is 0 Å². The van der Waals surface area contributed by atoms with Crippen molar-refractivity contribution < 1.29 is 14.7 Å². The fourth-order valence-corrected chi connectivity index (χ4v) is 2.51. The van der Waals surface area contributed by atoms with Gasteiger partial charge >= 0.3 is 5.97 Å². The molecule has 20 heavy (non-hydrogen) atoms. The number of carbonyl (C=O) groups is 2. The van der Waals surface area contributed by atoms with Crippen LogP contribution in [0.15, 0.2) is 36.8 Å². The second kappa shape index (κ2) is 4.48. The Balaban J connectivity index is 2.03. The van der Waals surface area contributed by atoms with Crippen molar-refractivity contribution in [2.75, 3.05) is 11.4 Å². The topological polar surface area (TPSA) is 75.4 Å². The van der Waals surface area contributed by atoms with Crippen LogP contribution in [0.1, 0.15) is 22.0 Å². The standard InChI is InChI=1S/C14H13N3O3/c1-16-8-15-6-12(16)13(18)17-7-10(14(19)20)9-4-2-3-5-11(9)17/h2-6,8,10H,7H2,1H3,(H,19,20). The number of para-hydroxylation sites is 1. The monoisotopic (exact) mass is 271 g/mol. The summed E-state index contributed by atoms with van der Waals surface area (Å²) in [5.41, 5.74) is 1.77. The van der Waals surface area contributed by atoms with Gasteiger partial charge in [-0.05, 0) is 11.6 Å². The number of fused-ring (bicyclic) bond motifs is 1. The molecule has 1 unspecified atom stereocenters. The van der Waals surface area contributed by atoms with Gasteiger partial charge in [0.05, 0.1) is 12.5 Å². The predicted molar refractivity (Wildman–Crippen MR) is 71.7 cm³/mol. The number of benzene rings is 1. The highest BCUT2D eigenvalue weighted by Gasteiger charge is 2.37. The third-order valence-corrected chi connectivity index (χ3v) is 3.55. The first-order chi connectivity index (χ1) is 9.59. The Kier molecular flexibility index (Phi) is 2.78. The maximum Gasteiger partial charge on any atom is 0.312 e. The second-order valence-electron chi connectivity index (χ2n) is 4.76. The lowest BCUT2D eigenvalue weighted by Crippen LogP contribution is -2.32. The zero-order valence-corrected chi connectivity index (χ0v) is 10.9. The maximum absolute atomic E-state index is 12.5. The molecule has 1 aliphatic rings. The number of amides is 1. The minimum absolute atomic E-state index is 0.151. The van der Waals surface area contributed by atoms with Gasteiger partial charge in [0.15, 0.2) is 0 Å². The minimum atomic E-state index is -0.919. The third-order valence-electron chi connectivity index (χ3n) is 3.55. The van der Waals surface area contributed by atoms with Gasteiger partial charge in [-0.3, -0.25) is 9.59 Å². The van der Waals surface area contributed by atoms with E-state index in [-0.39, 0.29) is 12.5 Å². The smallest absolute Gasteiger partial charge is 0.312 e. The first-order valence-electron chi connectivity index (χ1n) is 6.19. The molecular weight excluding hydrogens is 258 g/mol. The van der Waals surface area contributed by atoms with E-state index in [1.54, 1.807) is 42.2 Å². The van der Waals surface area contributed by atoms with E-state index in [9.17, 15) is 14.7 Å². The van der Waals surface area contributed by atoms with E-state index in [4.69, 9.17) is 0 Å². The van der Waals surface area contributed by atoms with Crippen LogP contribution in [-0.4, -0.2) is 33.1 Å². The van der Waals surface area contributed by atoms with Crippen molar-refractivity contribution in [3.05, 3.63) is 48.0 Å². The molecule has 102 valence electrons. The molecule has 2 heterocycles. The van der Waals surface area contributed by atoms with Gasteiger partial charge in [-0.25, -0.2) is 4.98 Å². The van der Waals surface area contributed by atoms with Crippen molar-refractivity contribution in [3.8, 4) is 0 Å². The quantitative estimate of drug-likeness (QED) is 0.892. The van der Waals surface area contributed by atoms with Crippen LogP contribution in [0.25, 0.3) is 0 Å². The summed E-state index contributed by atoms with van der Waals surface area (Å²) >= 11 is 0. The number of hydrogen-bond acceptors (Lipinski definition) is 3. The Morgan fingerprint density at radius 1 is 1.35 bits per heavy atom. The molecule has 1 amide bonds. The number of aromatic nitrogens is 2. The number of nitrogens with zero attached hydrogens (tertiary/aromatic N) is 3. The third kappa shape index (κ3) is 1.77. The number of carboxylic acid groups (broad SMARTS) is 1. The van der Waals surface area contributed by atoms with Crippen LogP contribution in [-0.2, 0) is 11.8 Å². The lowest BCUT2D eigenvalue weighted by molar-refractivity contribution is -0.138. The Morgan fingerprint density at radius 3 is 2.75 bits per heavy atom. The molecule has 6 nitrogen and oxygen atoms in total. The van der Waals surface area contributed by atoms with E-state index in [2.05, 4.69) is 4.98 Å². The van der Waals surface area contributed by atoms with Gasteiger partial charge in [-0.2, -0.15) is 0 Å². The lowest BCUT2D eigenvalue weighted by Gasteiger charge is -2.17. The van der Waals surface area contributed by atoms with Crippen LogP contribution in [0.3, 0.4) is 0 Å². The average Bonchev–Trinajstić information content (AvgIpc) is 3.01. The summed E-state index contributed by atoms with van der Waals surface area (Å²) in [6, 6.07) is 7.11. The zero-order chi connectivity index (χ0) is 14.3. The van der Waals surface area contributed by atoms with E-state index in [0.29, 0.717) is 16.9 Å². The highest BCUT2D eigenvalue weighted by atomic mass is 16.4. The first kappa shape index (κ1) is 12.4. The zero-order valence-electron chi connectivity index (χ0n) is 10.9. The maximum atomic E-state index is 12.5. The SMILES string of the molecule is Cn1cncc1C(=O)N1CC(C(=O)O)c2ccccc21. The van der Waals surface area contributed by atoms with Gasteiger partial charge < -0.3 is 14.6 Å². The number of aliphatic carboxylic acids is 1.